The zero-order valence-electron chi connectivity index (χ0n) is 10.5. The summed E-state index contributed by atoms with van der Waals surface area (Å²) in [5.41, 5.74) is 8.01. The van der Waals surface area contributed by atoms with Crippen molar-refractivity contribution < 1.29 is 0 Å². The van der Waals surface area contributed by atoms with Crippen molar-refractivity contribution in [2.45, 2.75) is 32.7 Å². The second-order valence-electron chi connectivity index (χ2n) is 5.16. The van der Waals surface area contributed by atoms with E-state index in [0.717, 1.165) is 23.2 Å². The van der Waals surface area contributed by atoms with Crippen LogP contribution in [0.1, 0.15) is 31.7 Å². The summed E-state index contributed by atoms with van der Waals surface area (Å²) in [7, 11) is 0. The van der Waals surface area contributed by atoms with Gasteiger partial charge in [-0.1, -0.05) is 24.6 Å². The first-order valence-corrected chi connectivity index (χ1v) is 6.79. The highest BCUT2D eigenvalue weighted by molar-refractivity contribution is 6.30. The van der Waals surface area contributed by atoms with E-state index in [0.29, 0.717) is 0 Å². The molecule has 1 heterocycles. The van der Waals surface area contributed by atoms with Gasteiger partial charge >= 0.3 is 0 Å². The van der Waals surface area contributed by atoms with Crippen LogP contribution >= 0.6 is 11.6 Å². The minimum Gasteiger partial charge on any atom is -0.398 e. The Bertz CT molecular complexity index is 378. The van der Waals surface area contributed by atoms with E-state index in [1.807, 2.05) is 18.2 Å². The average Bonchev–Trinajstić information content (AvgIpc) is 2.48. The summed E-state index contributed by atoms with van der Waals surface area (Å²) in [6, 6.07) is 5.82. The minimum absolute atomic E-state index is 0.718. The lowest BCUT2D eigenvalue weighted by atomic mass is 10.0. The van der Waals surface area contributed by atoms with Gasteiger partial charge in [0.25, 0.3) is 0 Å². The molecule has 0 amide bonds. The number of anilines is 1. The van der Waals surface area contributed by atoms with Crippen LogP contribution in [0.15, 0.2) is 18.2 Å². The topological polar surface area (TPSA) is 29.3 Å². The maximum atomic E-state index is 5.99. The van der Waals surface area contributed by atoms with Gasteiger partial charge in [-0.3, -0.25) is 4.90 Å². The van der Waals surface area contributed by atoms with E-state index >= 15 is 0 Å². The SMILES string of the molecule is CC1CCCN(Cc2ccc(Cl)cc2N)CC1. The molecule has 1 atom stereocenters. The second kappa shape index (κ2) is 5.74. The van der Waals surface area contributed by atoms with E-state index in [9.17, 15) is 0 Å². The monoisotopic (exact) mass is 252 g/mol. The van der Waals surface area contributed by atoms with Crippen molar-refractivity contribution in [3.05, 3.63) is 28.8 Å². The Morgan fingerprint density at radius 1 is 1.35 bits per heavy atom. The van der Waals surface area contributed by atoms with Crippen molar-refractivity contribution >= 4 is 17.3 Å². The highest BCUT2D eigenvalue weighted by Gasteiger charge is 2.14. The van der Waals surface area contributed by atoms with Crippen LogP contribution in [0.4, 0.5) is 5.69 Å². The lowest BCUT2D eigenvalue weighted by molar-refractivity contribution is 0.274. The summed E-state index contributed by atoms with van der Waals surface area (Å²) < 4.78 is 0. The van der Waals surface area contributed by atoms with Crippen LogP contribution < -0.4 is 5.73 Å². The molecule has 1 aliphatic heterocycles. The predicted molar refractivity (Wildman–Crippen MR) is 74.2 cm³/mol. The first-order valence-electron chi connectivity index (χ1n) is 6.41. The van der Waals surface area contributed by atoms with Gasteiger partial charge in [0.15, 0.2) is 0 Å². The van der Waals surface area contributed by atoms with E-state index < -0.39 is 0 Å². The smallest absolute Gasteiger partial charge is 0.0426 e. The van der Waals surface area contributed by atoms with Crippen LogP contribution in [0, 0.1) is 5.92 Å². The van der Waals surface area contributed by atoms with E-state index in [-0.39, 0.29) is 0 Å². The standard InChI is InChI=1S/C14H21ClN2/c1-11-3-2-7-17(8-6-11)10-12-4-5-13(15)9-14(12)16/h4-5,9,11H,2-3,6-8,10,16H2,1H3. The third-order valence-corrected chi connectivity index (χ3v) is 3.85. The van der Waals surface area contributed by atoms with Gasteiger partial charge in [-0.15, -0.1) is 0 Å². The number of benzene rings is 1. The zero-order chi connectivity index (χ0) is 12.3. The first kappa shape index (κ1) is 12.7. The maximum Gasteiger partial charge on any atom is 0.0426 e. The van der Waals surface area contributed by atoms with E-state index in [4.69, 9.17) is 17.3 Å². The number of rotatable bonds is 2. The largest absolute Gasteiger partial charge is 0.398 e. The molecule has 1 aromatic rings. The summed E-state index contributed by atoms with van der Waals surface area (Å²) in [5, 5.41) is 0.718. The van der Waals surface area contributed by atoms with E-state index in [1.54, 1.807) is 0 Å². The Kier molecular flexibility index (Phi) is 4.30. The molecule has 1 fully saturated rings. The maximum absolute atomic E-state index is 5.99. The van der Waals surface area contributed by atoms with Gasteiger partial charge in [-0.05, 0) is 56.0 Å². The number of nitrogens with two attached hydrogens (primary N) is 1. The molecule has 1 unspecified atom stereocenters. The molecular formula is C14H21ClN2. The van der Waals surface area contributed by atoms with Crippen LogP contribution in [0.3, 0.4) is 0 Å². The fraction of sp³-hybridized carbons (Fsp3) is 0.571. The molecule has 2 rings (SSSR count). The number of halogens is 1. The van der Waals surface area contributed by atoms with Crippen molar-refractivity contribution in [3.8, 4) is 0 Å². The van der Waals surface area contributed by atoms with Gasteiger partial charge < -0.3 is 5.73 Å². The number of hydrogen-bond donors (Lipinski definition) is 1. The van der Waals surface area contributed by atoms with E-state index in [2.05, 4.69) is 11.8 Å². The quantitative estimate of drug-likeness (QED) is 0.816. The molecule has 3 heteroatoms. The van der Waals surface area contributed by atoms with Gasteiger partial charge in [-0.25, -0.2) is 0 Å². The average molecular weight is 253 g/mol. The molecular weight excluding hydrogens is 232 g/mol. The number of nitrogen functional groups attached to an aromatic ring is 1. The fourth-order valence-corrected chi connectivity index (χ4v) is 2.61. The molecule has 1 saturated heterocycles. The van der Waals surface area contributed by atoms with Crippen LogP contribution in [0.2, 0.25) is 5.02 Å². The zero-order valence-corrected chi connectivity index (χ0v) is 11.2. The summed E-state index contributed by atoms with van der Waals surface area (Å²) in [6.45, 7) is 5.67. The van der Waals surface area contributed by atoms with Gasteiger partial charge in [-0.2, -0.15) is 0 Å². The molecule has 2 nitrogen and oxygen atoms in total. The molecule has 0 saturated carbocycles. The molecule has 0 spiro atoms. The lowest BCUT2D eigenvalue weighted by Crippen LogP contribution is -2.24. The van der Waals surface area contributed by atoms with Gasteiger partial charge in [0.1, 0.15) is 0 Å². The highest BCUT2D eigenvalue weighted by Crippen LogP contribution is 2.22. The predicted octanol–water partition coefficient (Wildman–Crippen LogP) is 3.54. The van der Waals surface area contributed by atoms with Crippen molar-refractivity contribution in [2.75, 3.05) is 18.8 Å². The van der Waals surface area contributed by atoms with Gasteiger partial charge in [0.2, 0.25) is 0 Å². The second-order valence-corrected chi connectivity index (χ2v) is 5.59. The van der Waals surface area contributed by atoms with E-state index in [1.165, 1.54) is 37.9 Å². The first-order chi connectivity index (χ1) is 8.15. The number of likely N-dealkylation sites (tertiary alicyclic amines) is 1. The highest BCUT2D eigenvalue weighted by atomic mass is 35.5. The lowest BCUT2D eigenvalue weighted by Gasteiger charge is -2.21. The van der Waals surface area contributed by atoms with Crippen LogP contribution in [-0.4, -0.2) is 18.0 Å². The molecule has 0 bridgehead atoms. The van der Waals surface area contributed by atoms with Crippen LogP contribution in [0.25, 0.3) is 0 Å². The van der Waals surface area contributed by atoms with Crippen molar-refractivity contribution in [1.29, 1.82) is 0 Å². The number of hydrogen-bond acceptors (Lipinski definition) is 2. The number of nitrogens with zero attached hydrogens (tertiary/aromatic N) is 1. The molecule has 1 aliphatic rings. The Labute approximate surface area is 109 Å². The van der Waals surface area contributed by atoms with Crippen molar-refractivity contribution in [3.63, 3.8) is 0 Å². The molecule has 0 aliphatic carbocycles. The fourth-order valence-electron chi connectivity index (χ4n) is 2.43. The Morgan fingerprint density at radius 2 is 2.18 bits per heavy atom. The third kappa shape index (κ3) is 3.62. The Morgan fingerprint density at radius 3 is 2.94 bits per heavy atom. The summed E-state index contributed by atoms with van der Waals surface area (Å²) >= 11 is 5.91. The summed E-state index contributed by atoms with van der Waals surface area (Å²) in [6.07, 6.45) is 3.95. The van der Waals surface area contributed by atoms with Crippen LogP contribution in [-0.2, 0) is 6.54 Å². The Balaban J connectivity index is 2.00. The third-order valence-electron chi connectivity index (χ3n) is 3.61. The van der Waals surface area contributed by atoms with Crippen LogP contribution in [0.5, 0.6) is 0 Å². The van der Waals surface area contributed by atoms with Crippen molar-refractivity contribution in [2.24, 2.45) is 5.92 Å². The normalized spacial score (nSPS) is 22.4. The molecule has 1 aromatic carbocycles. The van der Waals surface area contributed by atoms with Gasteiger partial charge in [0, 0.05) is 17.3 Å². The molecule has 0 aromatic heterocycles. The molecule has 17 heavy (non-hydrogen) atoms. The minimum atomic E-state index is 0.718. The Hall–Kier alpha value is -0.730. The summed E-state index contributed by atoms with van der Waals surface area (Å²) in [5.74, 6) is 0.863. The molecule has 2 N–H and O–H groups in total. The molecule has 94 valence electrons. The van der Waals surface area contributed by atoms with Gasteiger partial charge in [0.05, 0.1) is 0 Å². The summed E-state index contributed by atoms with van der Waals surface area (Å²) in [4.78, 5) is 2.50. The van der Waals surface area contributed by atoms with Crippen molar-refractivity contribution in [1.82, 2.24) is 4.90 Å². The molecule has 0 radical (unpaired) electrons.